The predicted molar refractivity (Wildman–Crippen MR) is 161 cm³/mol. The second-order valence-corrected chi connectivity index (χ2v) is 11.7. The Bertz CT molecular complexity index is 1360. The first-order valence-electron chi connectivity index (χ1n) is 14.0. The van der Waals surface area contributed by atoms with E-state index in [-0.39, 0.29) is 17.3 Å². The van der Waals surface area contributed by atoms with Gasteiger partial charge in [-0.15, -0.1) is 0 Å². The van der Waals surface area contributed by atoms with Gasteiger partial charge in [-0.1, -0.05) is 87.0 Å². The quantitative estimate of drug-likeness (QED) is 0.295. The van der Waals surface area contributed by atoms with Gasteiger partial charge in [0.1, 0.15) is 12.6 Å². The van der Waals surface area contributed by atoms with E-state index in [1.807, 2.05) is 70.2 Å². The number of hydrogen-bond acceptors (Lipinski definition) is 4. The minimum absolute atomic E-state index is 0.111. The van der Waals surface area contributed by atoms with Gasteiger partial charge in [-0.05, 0) is 61.9 Å². The summed E-state index contributed by atoms with van der Waals surface area (Å²) in [6, 6.07) is 22.9. The summed E-state index contributed by atoms with van der Waals surface area (Å²) in [5.41, 5.74) is 3.25. The monoisotopic (exact) mass is 563 g/mol. The molecule has 7 nitrogen and oxygen atoms in total. The number of para-hydroxylation sites is 1. The number of sulfonamides is 1. The zero-order chi connectivity index (χ0) is 29.1. The number of nitrogens with zero attached hydrogens (tertiary/aromatic N) is 2. The Labute approximate surface area is 239 Å². The fourth-order valence-corrected chi connectivity index (χ4v) is 6.12. The SMILES string of the molecule is CCCNC(=O)C(CC)N(CCc1ccccc1)C(=O)CN(c1ccccc1CC)S(=O)(=O)c1ccc(C)cc1. The van der Waals surface area contributed by atoms with Crippen LogP contribution in [0.4, 0.5) is 5.69 Å². The van der Waals surface area contributed by atoms with Crippen molar-refractivity contribution in [3.8, 4) is 0 Å². The summed E-state index contributed by atoms with van der Waals surface area (Å²) in [6.07, 6.45) is 2.32. The molecule has 214 valence electrons. The molecular formula is C32H41N3O4S. The van der Waals surface area contributed by atoms with E-state index >= 15 is 0 Å². The number of carbonyl (C=O) groups excluding carboxylic acids is 2. The summed E-state index contributed by atoms with van der Waals surface area (Å²) in [7, 11) is -4.08. The van der Waals surface area contributed by atoms with Crippen LogP contribution in [-0.4, -0.2) is 50.8 Å². The van der Waals surface area contributed by atoms with E-state index in [0.717, 1.165) is 23.1 Å². The van der Waals surface area contributed by atoms with Crippen LogP contribution in [0.1, 0.15) is 50.3 Å². The molecular weight excluding hydrogens is 522 g/mol. The van der Waals surface area contributed by atoms with Crippen molar-refractivity contribution in [3.05, 3.63) is 95.6 Å². The molecule has 0 heterocycles. The Hall–Kier alpha value is -3.65. The average Bonchev–Trinajstić information content (AvgIpc) is 2.97. The van der Waals surface area contributed by atoms with E-state index in [9.17, 15) is 18.0 Å². The highest BCUT2D eigenvalue weighted by molar-refractivity contribution is 7.92. The summed E-state index contributed by atoms with van der Waals surface area (Å²) in [5, 5.41) is 2.92. The van der Waals surface area contributed by atoms with Crippen LogP contribution in [0.5, 0.6) is 0 Å². The highest BCUT2D eigenvalue weighted by Gasteiger charge is 2.34. The summed E-state index contributed by atoms with van der Waals surface area (Å²) in [5.74, 6) is -0.649. The molecule has 0 fully saturated rings. The number of aryl methyl sites for hydroxylation is 2. The molecule has 0 saturated carbocycles. The Kier molecular flexibility index (Phi) is 11.3. The highest BCUT2D eigenvalue weighted by atomic mass is 32.2. The summed E-state index contributed by atoms with van der Waals surface area (Å²) < 4.78 is 29.3. The second kappa shape index (κ2) is 14.7. The molecule has 3 rings (SSSR count). The van der Waals surface area contributed by atoms with Crippen LogP contribution in [-0.2, 0) is 32.5 Å². The fraction of sp³-hybridized carbons (Fsp3) is 0.375. The summed E-state index contributed by atoms with van der Waals surface area (Å²) in [6.45, 7) is 8.06. The first-order chi connectivity index (χ1) is 19.2. The van der Waals surface area contributed by atoms with Crippen molar-refractivity contribution in [2.24, 2.45) is 0 Å². The van der Waals surface area contributed by atoms with Gasteiger partial charge in [0.05, 0.1) is 10.6 Å². The Morgan fingerprint density at radius 2 is 1.52 bits per heavy atom. The number of nitrogens with one attached hydrogen (secondary N) is 1. The zero-order valence-corrected chi connectivity index (χ0v) is 24.8. The smallest absolute Gasteiger partial charge is 0.264 e. The van der Waals surface area contributed by atoms with E-state index < -0.39 is 28.5 Å². The number of anilines is 1. The number of amides is 2. The van der Waals surface area contributed by atoms with Crippen molar-refractivity contribution in [1.82, 2.24) is 10.2 Å². The maximum Gasteiger partial charge on any atom is 0.264 e. The molecule has 8 heteroatoms. The van der Waals surface area contributed by atoms with Crippen molar-refractivity contribution < 1.29 is 18.0 Å². The van der Waals surface area contributed by atoms with Crippen LogP contribution >= 0.6 is 0 Å². The van der Waals surface area contributed by atoms with Crippen LogP contribution in [0, 0.1) is 6.92 Å². The summed E-state index contributed by atoms with van der Waals surface area (Å²) >= 11 is 0. The summed E-state index contributed by atoms with van der Waals surface area (Å²) in [4.78, 5) is 28.9. The van der Waals surface area contributed by atoms with Gasteiger partial charge < -0.3 is 10.2 Å². The minimum atomic E-state index is -4.08. The maximum atomic E-state index is 14.1. The third-order valence-electron chi connectivity index (χ3n) is 6.95. The number of rotatable bonds is 14. The molecule has 0 saturated heterocycles. The molecule has 0 bridgehead atoms. The third kappa shape index (κ3) is 7.72. The van der Waals surface area contributed by atoms with E-state index in [1.54, 1.807) is 41.3 Å². The lowest BCUT2D eigenvalue weighted by Gasteiger charge is -2.33. The number of hydrogen-bond donors (Lipinski definition) is 1. The predicted octanol–water partition coefficient (Wildman–Crippen LogP) is 5.13. The van der Waals surface area contributed by atoms with Crippen LogP contribution in [0.15, 0.2) is 83.8 Å². The second-order valence-electron chi connectivity index (χ2n) is 9.84. The Morgan fingerprint density at radius 1 is 0.875 bits per heavy atom. The lowest BCUT2D eigenvalue weighted by Crippen LogP contribution is -2.53. The molecule has 1 N–H and O–H groups in total. The van der Waals surface area contributed by atoms with Crippen molar-refractivity contribution in [3.63, 3.8) is 0 Å². The molecule has 1 atom stereocenters. The molecule has 1 unspecified atom stereocenters. The highest BCUT2D eigenvalue weighted by Crippen LogP contribution is 2.28. The number of carbonyl (C=O) groups is 2. The lowest BCUT2D eigenvalue weighted by molar-refractivity contribution is -0.139. The normalized spacial score (nSPS) is 12.0. The topological polar surface area (TPSA) is 86.8 Å². The lowest BCUT2D eigenvalue weighted by atomic mass is 10.1. The van der Waals surface area contributed by atoms with Crippen molar-refractivity contribution in [2.75, 3.05) is 23.9 Å². The van der Waals surface area contributed by atoms with Crippen LogP contribution < -0.4 is 9.62 Å². The van der Waals surface area contributed by atoms with Crippen LogP contribution in [0.3, 0.4) is 0 Å². The van der Waals surface area contributed by atoms with Gasteiger partial charge in [-0.25, -0.2) is 8.42 Å². The molecule has 0 radical (unpaired) electrons. The molecule has 40 heavy (non-hydrogen) atoms. The van der Waals surface area contributed by atoms with Gasteiger partial charge >= 0.3 is 0 Å². The molecule has 2 amide bonds. The van der Waals surface area contributed by atoms with E-state index in [1.165, 1.54) is 4.31 Å². The number of benzene rings is 3. The molecule has 0 aliphatic rings. The van der Waals surface area contributed by atoms with Gasteiger partial charge in [-0.2, -0.15) is 0 Å². The van der Waals surface area contributed by atoms with E-state index in [4.69, 9.17) is 0 Å². The van der Waals surface area contributed by atoms with Crippen LogP contribution in [0.2, 0.25) is 0 Å². The Morgan fingerprint density at radius 3 is 2.15 bits per heavy atom. The van der Waals surface area contributed by atoms with E-state index in [2.05, 4.69) is 5.32 Å². The largest absolute Gasteiger partial charge is 0.354 e. The van der Waals surface area contributed by atoms with Crippen LogP contribution in [0.25, 0.3) is 0 Å². The van der Waals surface area contributed by atoms with Crippen molar-refractivity contribution in [2.45, 2.75) is 64.3 Å². The first kappa shape index (κ1) is 30.9. The van der Waals surface area contributed by atoms with Gasteiger partial charge in [0.2, 0.25) is 11.8 Å². The third-order valence-corrected chi connectivity index (χ3v) is 8.72. The van der Waals surface area contributed by atoms with Gasteiger partial charge in [-0.3, -0.25) is 13.9 Å². The van der Waals surface area contributed by atoms with Crippen molar-refractivity contribution >= 4 is 27.5 Å². The molecule has 3 aromatic rings. The molecule has 0 spiro atoms. The average molecular weight is 564 g/mol. The standard InChI is InChI=1S/C32H41N3O4S/c1-5-22-33-32(37)29(7-3)34(23-21-26-13-9-8-10-14-26)31(36)24-35(30-16-12-11-15-27(30)6-2)40(38,39)28-19-17-25(4)18-20-28/h8-20,29H,5-7,21-24H2,1-4H3,(H,33,37). The first-order valence-corrected chi connectivity index (χ1v) is 15.4. The Balaban J connectivity index is 2.03. The van der Waals surface area contributed by atoms with Gasteiger partial charge in [0.15, 0.2) is 0 Å². The molecule has 3 aromatic carbocycles. The zero-order valence-electron chi connectivity index (χ0n) is 24.0. The van der Waals surface area contributed by atoms with Gasteiger partial charge in [0.25, 0.3) is 10.0 Å². The molecule has 0 aliphatic carbocycles. The molecule has 0 aliphatic heterocycles. The van der Waals surface area contributed by atoms with Crippen molar-refractivity contribution in [1.29, 1.82) is 0 Å². The molecule has 0 aromatic heterocycles. The maximum absolute atomic E-state index is 14.1. The fourth-order valence-electron chi connectivity index (χ4n) is 4.67. The van der Waals surface area contributed by atoms with E-state index in [0.29, 0.717) is 31.5 Å². The van der Waals surface area contributed by atoms with Gasteiger partial charge in [0, 0.05) is 13.1 Å². The minimum Gasteiger partial charge on any atom is -0.354 e.